The van der Waals surface area contributed by atoms with Gasteiger partial charge in [0, 0.05) is 0 Å². The number of hydrogen-bond donors (Lipinski definition) is 1. The van der Waals surface area contributed by atoms with Gasteiger partial charge in [0.2, 0.25) is 11.1 Å². The summed E-state index contributed by atoms with van der Waals surface area (Å²) < 4.78 is 16.8. The van der Waals surface area contributed by atoms with Crippen molar-refractivity contribution in [2.45, 2.75) is 0 Å². The molecule has 2 bridgehead atoms. The predicted molar refractivity (Wildman–Crippen MR) is 41.6 cm³/mol. The van der Waals surface area contributed by atoms with Gasteiger partial charge in [-0.1, -0.05) is 4.85 Å². The van der Waals surface area contributed by atoms with E-state index in [9.17, 15) is 9.36 Å². The molecule has 2 aliphatic heterocycles. The first-order valence-corrected chi connectivity index (χ1v) is 5.17. The molecule has 2 aliphatic rings. The number of nitrogens with one attached hydrogen (secondary N) is 1. The normalized spacial score (nSPS) is 26.5. The molecular weight excluding hydrogens is 195 g/mol. The van der Waals surface area contributed by atoms with Crippen LogP contribution in [-0.2, 0) is 4.57 Å². The second-order valence-corrected chi connectivity index (χ2v) is 5.10. The first-order chi connectivity index (χ1) is 6.22. The molecule has 4 heterocycles. The smallest absolute Gasteiger partial charge is 0.329 e. The molecule has 4 rings (SSSR count). The van der Waals surface area contributed by atoms with Crippen molar-refractivity contribution in [1.29, 1.82) is 0 Å². The highest BCUT2D eigenvalue weighted by Gasteiger charge is 2.58. The van der Waals surface area contributed by atoms with Crippen molar-refractivity contribution >= 4 is 29.3 Å². The number of pyridine rings is 1. The van der Waals surface area contributed by atoms with Crippen LogP contribution in [0.3, 0.4) is 0 Å². The zero-order valence-electron chi connectivity index (χ0n) is 6.01. The molecule has 0 radical (unpaired) electrons. The molecule has 13 heavy (non-hydrogen) atoms. The van der Waals surface area contributed by atoms with E-state index in [0.29, 0.717) is 11.1 Å². The molecule has 2 aromatic rings. The van der Waals surface area contributed by atoms with Crippen LogP contribution in [-0.4, -0.2) is 20.1 Å². The Hall–Kier alpha value is -1.62. The van der Waals surface area contributed by atoms with Crippen molar-refractivity contribution in [2.75, 3.05) is 0 Å². The summed E-state index contributed by atoms with van der Waals surface area (Å²) >= 11 is 0. The lowest BCUT2D eigenvalue weighted by Gasteiger charge is -2.03. The van der Waals surface area contributed by atoms with Crippen molar-refractivity contribution in [1.82, 2.24) is 20.1 Å². The fraction of sp³-hybridized carbons (Fsp3) is 0. The average Bonchev–Trinajstić information content (AvgIpc) is 2.52. The molecule has 7 nitrogen and oxygen atoms in total. The second-order valence-electron chi connectivity index (χ2n) is 2.94. The number of H-pyrrole nitrogens is 1. The highest BCUT2D eigenvalue weighted by molar-refractivity contribution is 7.85. The van der Waals surface area contributed by atoms with Gasteiger partial charge in [-0.2, -0.15) is 0 Å². The summed E-state index contributed by atoms with van der Waals surface area (Å²) in [4.78, 5) is 15.3. The maximum Gasteiger partial charge on any atom is 0.353 e. The Kier molecular flexibility index (Phi) is 0.599. The van der Waals surface area contributed by atoms with Crippen molar-refractivity contribution < 1.29 is 9.19 Å². The SMILES string of the molecule is O=c1c2c3[nH]c4c1nnn4OP32=O. The number of aromatic nitrogens is 4. The third-order valence-corrected chi connectivity index (χ3v) is 4.36. The first kappa shape index (κ1) is 5.93. The lowest BCUT2D eigenvalue weighted by atomic mass is 10.4. The van der Waals surface area contributed by atoms with Gasteiger partial charge in [-0.25, -0.2) is 0 Å². The fourth-order valence-electron chi connectivity index (χ4n) is 1.59. The molecule has 0 amide bonds. The van der Waals surface area contributed by atoms with Gasteiger partial charge >= 0.3 is 7.37 Å². The Morgan fingerprint density at radius 2 is 2.38 bits per heavy atom. The molecule has 0 aromatic carbocycles. The Balaban J connectivity index is 2.53. The molecule has 0 saturated heterocycles. The van der Waals surface area contributed by atoms with Crippen LogP contribution in [0.15, 0.2) is 4.79 Å². The zero-order chi connectivity index (χ0) is 8.79. The number of hydrogen-bond acceptors (Lipinski definition) is 5. The first-order valence-electron chi connectivity index (χ1n) is 3.55. The van der Waals surface area contributed by atoms with Crippen LogP contribution in [0.25, 0.3) is 11.2 Å². The third-order valence-electron chi connectivity index (χ3n) is 2.26. The molecule has 0 fully saturated rings. The average molecular weight is 196 g/mol. The Morgan fingerprint density at radius 3 is 3.23 bits per heavy atom. The molecule has 64 valence electrons. The van der Waals surface area contributed by atoms with E-state index in [0.717, 1.165) is 4.85 Å². The van der Waals surface area contributed by atoms with Gasteiger partial charge in [0.1, 0.15) is 10.7 Å². The maximum atomic E-state index is 11.7. The van der Waals surface area contributed by atoms with Crippen LogP contribution < -0.4 is 20.8 Å². The largest absolute Gasteiger partial charge is 0.353 e. The van der Waals surface area contributed by atoms with Crippen molar-refractivity contribution in [3.8, 4) is 0 Å². The van der Waals surface area contributed by atoms with Crippen LogP contribution in [0.5, 0.6) is 0 Å². The predicted octanol–water partition coefficient (Wildman–Crippen LogP) is -1.90. The van der Waals surface area contributed by atoms with E-state index in [1.54, 1.807) is 0 Å². The molecule has 1 atom stereocenters. The van der Waals surface area contributed by atoms with Crippen LogP contribution >= 0.6 is 7.37 Å². The number of fused-ring (bicyclic) bond motifs is 1. The Morgan fingerprint density at radius 1 is 1.54 bits per heavy atom. The molecular formula is C5HN4O3P. The van der Waals surface area contributed by atoms with Gasteiger partial charge in [0.15, 0.2) is 5.52 Å². The van der Waals surface area contributed by atoms with Gasteiger partial charge in [-0.3, -0.25) is 9.36 Å². The van der Waals surface area contributed by atoms with E-state index in [-0.39, 0.29) is 16.3 Å². The van der Waals surface area contributed by atoms with E-state index in [4.69, 9.17) is 4.62 Å². The molecule has 2 aromatic heterocycles. The standard InChI is InChI=1S/C5HN4O3P/c10-2-1-4-6-5-3(2)13(5,11)12-9(4)8-7-1/h(H,6,10). The van der Waals surface area contributed by atoms with E-state index < -0.39 is 7.37 Å². The Bertz CT molecular complexity index is 683. The van der Waals surface area contributed by atoms with Crippen molar-refractivity contribution in [3.05, 3.63) is 10.2 Å². The third kappa shape index (κ3) is 0.406. The maximum absolute atomic E-state index is 11.7. The zero-order valence-corrected chi connectivity index (χ0v) is 6.91. The highest BCUT2D eigenvalue weighted by Crippen LogP contribution is 2.52. The second kappa shape index (κ2) is 1.31. The van der Waals surface area contributed by atoms with Gasteiger partial charge in [-0.15, -0.1) is 5.10 Å². The number of nitrogens with zero attached hydrogens (tertiary/aromatic N) is 3. The topological polar surface area (TPSA) is 89.9 Å². The summed E-state index contributed by atoms with van der Waals surface area (Å²) in [6.45, 7) is 0. The summed E-state index contributed by atoms with van der Waals surface area (Å²) in [7, 11) is -2.98. The lowest BCUT2D eigenvalue weighted by molar-refractivity contribution is 0.247. The summed E-state index contributed by atoms with van der Waals surface area (Å²) in [5, 5.41) is 7.38. The van der Waals surface area contributed by atoms with Gasteiger partial charge in [0.25, 0.3) is 0 Å². The van der Waals surface area contributed by atoms with Crippen LogP contribution in [0.1, 0.15) is 0 Å². The molecule has 0 saturated carbocycles. The van der Waals surface area contributed by atoms with E-state index >= 15 is 0 Å². The molecule has 0 aliphatic carbocycles. The molecule has 8 heteroatoms. The van der Waals surface area contributed by atoms with Gasteiger partial charge < -0.3 is 9.61 Å². The van der Waals surface area contributed by atoms with E-state index in [2.05, 4.69) is 15.3 Å². The summed E-state index contributed by atoms with van der Waals surface area (Å²) in [5.74, 6) is 0. The van der Waals surface area contributed by atoms with Crippen LogP contribution in [0, 0.1) is 0 Å². The Labute approximate surface area is 69.7 Å². The lowest BCUT2D eigenvalue weighted by Crippen LogP contribution is -2.17. The molecule has 1 N–H and O–H groups in total. The highest BCUT2D eigenvalue weighted by atomic mass is 31.2. The van der Waals surface area contributed by atoms with Gasteiger partial charge in [0.05, 0.1) is 0 Å². The van der Waals surface area contributed by atoms with Crippen LogP contribution in [0.2, 0.25) is 0 Å². The fourth-order valence-corrected chi connectivity index (χ4v) is 3.55. The number of rotatable bonds is 0. The minimum absolute atomic E-state index is 0.189. The van der Waals surface area contributed by atoms with Gasteiger partial charge in [-0.05, 0) is 5.21 Å². The monoisotopic (exact) mass is 196 g/mol. The van der Waals surface area contributed by atoms with E-state index in [1.807, 2.05) is 0 Å². The minimum Gasteiger partial charge on any atom is -0.329 e. The minimum atomic E-state index is -2.98. The quantitative estimate of drug-likeness (QED) is 0.497. The summed E-state index contributed by atoms with van der Waals surface area (Å²) in [5.41, 5.74) is 0.664. The number of aromatic amines is 1. The molecule has 1 unspecified atom stereocenters. The summed E-state index contributed by atoms with van der Waals surface area (Å²) in [6, 6.07) is 0. The summed E-state index contributed by atoms with van der Waals surface area (Å²) in [6.07, 6.45) is 0. The van der Waals surface area contributed by atoms with E-state index in [1.165, 1.54) is 0 Å². The van der Waals surface area contributed by atoms with Crippen LogP contribution in [0.4, 0.5) is 0 Å². The molecule has 0 spiro atoms. The van der Waals surface area contributed by atoms with Crippen molar-refractivity contribution in [2.24, 2.45) is 0 Å². The van der Waals surface area contributed by atoms with Crippen molar-refractivity contribution in [3.63, 3.8) is 0 Å².